The van der Waals surface area contributed by atoms with Crippen LogP contribution in [0.25, 0.3) is 32.8 Å². The molecule has 0 bridgehead atoms. The van der Waals surface area contributed by atoms with Crippen molar-refractivity contribution in [1.29, 1.82) is 0 Å². The molecule has 0 amide bonds. The number of halogens is 1. The number of esters is 1. The molecule has 0 fully saturated rings. The van der Waals surface area contributed by atoms with E-state index in [0.29, 0.717) is 56.7 Å². The molecule has 218 valence electrons. The summed E-state index contributed by atoms with van der Waals surface area (Å²) < 4.78 is 21.8. The fourth-order valence-corrected chi connectivity index (χ4v) is 6.49. The minimum Gasteiger partial charge on any atom is -0.493 e. The highest BCUT2D eigenvalue weighted by Crippen LogP contribution is 2.43. The number of fused-ring (bicyclic) bond motifs is 3. The highest BCUT2D eigenvalue weighted by molar-refractivity contribution is 6.35. The molecular weight excluding hydrogens is 550 g/mol. The molecular formula is C34H36ClN3O4. The van der Waals surface area contributed by atoms with E-state index in [9.17, 15) is 4.79 Å². The SMILES string of the molecule is CCOC(=O)c1c(C)c2c(-c3c(CC)nn4c3COCC4)c(Cl)ccc2n1CCCOc1cc(C)cc2ccccc12. The van der Waals surface area contributed by atoms with Crippen LogP contribution in [0.2, 0.25) is 5.02 Å². The fraction of sp³-hybridized carbons (Fsp3) is 0.353. The predicted molar refractivity (Wildman–Crippen MR) is 167 cm³/mol. The number of aromatic nitrogens is 3. The molecule has 5 aromatic rings. The first-order valence-electron chi connectivity index (χ1n) is 14.7. The largest absolute Gasteiger partial charge is 0.493 e. The molecule has 3 aromatic carbocycles. The van der Waals surface area contributed by atoms with Crippen molar-refractivity contribution in [2.45, 2.75) is 60.2 Å². The van der Waals surface area contributed by atoms with E-state index >= 15 is 0 Å². The van der Waals surface area contributed by atoms with Gasteiger partial charge in [0.15, 0.2) is 0 Å². The lowest BCUT2D eigenvalue weighted by molar-refractivity contribution is 0.0513. The molecule has 1 aliphatic rings. The number of aryl methyl sites for hydroxylation is 4. The van der Waals surface area contributed by atoms with Gasteiger partial charge in [-0.3, -0.25) is 4.68 Å². The van der Waals surface area contributed by atoms with Gasteiger partial charge in [0.2, 0.25) is 0 Å². The second-order valence-corrected chi connectivity index (χ2v) is 11.2. The molecule has 2 aromatic heterocycles. The molecule has 6 rings (SSSR count). The van der Waals surface area contributed by atoms with Gasteiger partial charge in [0.1, 0.15) is 11.4 Å². The Morgan fingerprint density at radius 2 is 1.93 bits per heavy atom. The monoisotopic (exact) mass is 585 g/mol. The van der Waals surface area contributed by atoms with Gasteiger partial charge in [-0.05, 0) is 68.3 Å². The highest BCUT2D eigenvalue weighted by atomic mass is 35.5. The van der Waals surface area contributed by atoms with E-state index in [1.54, 1.807) is 0 Å². The maximum absolute atomic E-state index is 13.4. The summed E-state index contributed by atoms with van der Waals surface area (Å²) in [6.45, 7) is 11.2. The van der Waals surface area contributed by atoms with Gasteiger partial charge in [-0.1, -0.05) is 48.9 Å². The summed E-state index contributed by atoms with van der Waals surface area (Å²) in [4.78, 5) is 13.4. The van der Waals surface area contributed by atoms with Crippen molar-refractivity contribution in [3.63, 3.8) is 0 Å². The summed E-state index contributed by atoms with van der Waals surface area (Å²) in [7, 11) is 0. The zero-order valence-corrected chi connectivity index (χ0v) is 25.4. The van der Waals surface area contributed by atoms with Crippen LogP contribution in [0.5, 0.6) is 5.75 Å². The topological polar surface area (TPSA) is 67.5 Å². The van der Waals surface area contributed by atoms with Crippen LogP contribution in [0.15, 0.2) is 48.5 Å². The third-order valence-electron chi connectivity index (χ3n) is 8.05. The Balaban J connectivity index is 1.40. The zero-order valence-electron chi connectivity index (χ0n) is 24.6. The van der Waals surface area contributed by atoms with Gasteiger partial charge in [0, 0.05) is 39.0 Å². The number of hydrogen-bond donors (Lipinski definition) is 0. The molecule has 0 radical (unpaired) electrons. The van der Waals surface area contributed by atoms with Gasteiger partial charge in [-0.15, -0.1) is 0 Å². The van der Waals surface area contributed by atoms with Crippen molar-refractivity contribution in [1.82, 2.24) is 14.3 Å². The first-order chi connectivity index (χ1) is 20.4. The molecule has 1 aliphatic heterocycles. The summed E-state index contributed by atoms with van der Waals surface area (Å²) in [5.41, 5.74) is 7.42. The fourth-order valence-electron chi connectivity index (χ4n) is 6.23. The molecule has 0 N–H and O–H groups in total. The van der Waals surface area contributed by atoms with Gasteiger partial charge < -0.3 is 18.8 Å². The van der Waals surface area contributed by atoms with Crippen LogP contribution in [0, 0.1) is 13.8 Å². The lowest BCUT2D eigenvalue weighted by atomic mass is 9.95. The second kappa shape index (κ2) is 11.8. The van der Waals surface area contributed by atoms with Crippen LogP contribution in [-0.4, -0.2) is 40.1 Å². The highest BCUT2D eigenvalue weighted by Gasteiger charge is 2.29. The van der Waals surface area contributed by atoms with Crippen LogP contribution in [-0.2, 0) is 35.6 Å². The summed E-state index contributed by atoms with van der Waals surface area (Å²) in [6.07, 6.45) is 1.46. The molecule has 0 unspecified atom stereocenters. The third-order valence-corrected chi connectivity index (χ3v) is 8.36. The summed E-state index contributed by atoms with van der Waals surface area (Å²) in [5, 5.41) is 8.73. The molecule has 0 saturated carbocycles. The number of ether oxygens (including phenoxy) is 3. The molecule has 7 nitrogen and oxygen atoms in total. The van der Waals surface area contributed by atoms with Crippen molar-refractivity contribution in [3.05, 3.63) is 81.8 Å². The molecule has 3 heterocycles. The van der Waals surface area contributed by atoms with Crippen LogP contribution >= 0.6 is 11.6 Å². The van der Waals surface area contributed by atoms with Gasteiger partial charge in [0.25, 0.3) is 0 Å². The number of carbonyl (C=O) groups excluding carboxylic acids is 1. The van der Waals surface area contributed by atoms with Crippen LogP contribution in [0.3, 0.4) is 0 Å². The van der Waals surface area contributed by atoms with E-state index in [1.165, 1.54) is 0 Å². The lowest BCUT2D eigenvalue weighted by Crippen LogP contribution is -2.17. The predicted octanol–water partition coefficient (Wildman–Crippen LogP) is 7.67. The molecule has 0 spiro atoms. The van der Waals surface area contributed by atoms with Crippen molar-refractivity contribution in [2.75, 3.05) is 19.8 Å². The standard InChI is InChI=1S/C34H36ClN3O4/c1-5-26-32(28-20-40-17-15-38(28)36-26)31-25(35)12-13-27-30(31)22(4)33(34(39)41-6-2)37(27)14-9-16-42-29-19-21(3)18-23-10-7-8-11-24(23)29/h7-8,10-13,18-19H,5-6,9,14-17,20H2,1-4H3. The number of carbonyl (C=O) groups is 1. The Kier molecular flexibility index (Phi) is 7.97. The van der Waals surface area contributed by atoms with Crippen LogP contribution in [0.4, 0.5) is 0 Å². The van der Waals surface area contributed by atoms with Gasteiger partial charge in [-0.25, -0.2) is 4.79 Å². The smallest absolute Gasteiger partial charge is 0.355 e. The Labute approximate surface area is 250 Å². The first kappa shape index (κ1) is 28.3. The van der Waals surface area contributed by atoms with Crippen LogP contribution in [0.1, 0.15) is 53.3 Å². The summed E-state index contributed by atoms with van der Waals surface area (Å²) in [5.74, 6) is 0.536. The quantitative estimate of drug-likeness (QED) is 0.131. The minimum atomic E-state index is -0.338. The Morgan fingerprint density at radius 1 is 1.10 bits per heavy atom. The van der Waals surface area contributed by atoms with E-state index < -0.39 is 0 Å². The van der Waals surface area contributed by atoms with E-state index in [-0.39, 0.29) is 5.97 Å². The minimum absolute atomic E-state index is 0.297. The van der Waals surface area contributed by atoms with Gasteiger partial charge in [0.05, 0.1) is 44.4 Å². The Hall–Kier alpha value is -3.81. The molecule has 42 heavy (non-hydrogen) atoms. The second-order valence-electron chi connectivity index (χ2n) is 10.7. The van der Waals surface area contributed by atoms with E-state index in [0.717, 1.165) is 67.5 Å². The number of rotatable bonds is 9. The van der Waals surface area contributed by atoms with Crippen molar-refractivity contribution in [2.24, 2.45) is 0 Å². The molecule has 0 aliphatic carbocycles. The van der Waals surface area contributed by atoms with E-state index in [4.69, 9.17) is 30.9 Å². The van der Waals surface area contributed by atoms with Crippen molar-refractivity contribution in [3.8, 4) is 16.9 Å². The third kappa shape index (κ3) is 4.95. The lowest BCUT2D eigenvalue weighted by Gasteiger charge is -2.17. The Bertz CT molecular complexity index is 1800. The Morgan fingerprint density at radius 3 is 2.74 bits per heavy atom. The normalized spacial score (nSPS) is 13.1. The van der Waals surface area contributed by atoms with Gasteiger partial charge >= 0.3 is 5.97 Å². The van der Waals surface area contributed by atoms with Crippen LogP contribution < -0.4 is 4.74 Å². The maximum Gasteiger partial charge on any atom is 0.355 e. The summed E-state index contributed by atoms with van der Waals surface area (Å²) in [6, 6.07) is 16.4. The summed E-state index contributed by atoms with van der Waals surface area (Å²) >= 11 is 6.97. The van der Waals surface area contributed by atoms with E-state index in [1.807, 2.05) is 42.8 Å². The van der Waals surface area contributed by atoms with Gasteiger partial charge in [-0.2, -0.15) is 5.10 Å². The number of nitrogens with zero attached hydrogens (tertiary/aromatic N) is 3. The molecule has 0 atom stereocenters. The molecule has 8 heteroatoms. The maximum atomic E-state index is 13.4. The van der Waals surface area contributed by atoms with E-state index in [2.05, 4.69) is 42.7 Å². The first-order valence-corrected chi connectivity index (χ1v) is 15.1. The molecule has 0 saturated heterocycles. The number of benzene rings is 3. The van der Waals surface area contributed by atoms with Crippen molar-refractivity contribution >= 4 is 39.2 Å². The zero-order chi connectivity index (χ0) is 29.4. The average molecular weight is 586 g/mol. The number of hydrogen-bond acceptors (Lipinski definition) is 5. The average Bonchev–Trinajstić information content (AvgIpc) is 3.50. The van der Waals surface area contributed by atoms with Crippen molar-refractivity contribution < 1.29 is 19.0 Å².